The van der Waals surface area contributed by atoms with Crippen molar-refractivity contribution in [1.82, 2.24) is 19.2 Å². The first-order chi connectivity index (χ1) is 13.9. The molecule has 0 aliphatic carbocycles. The van der Waals surface area contributed by atoms with Crippen LogP contribution < -0.4 is 0 Å². The maximum atomic E-state index is 11.6. The van der Waals surface area contributed by atoms with Gasteiger partial charge in [-0.2, -0.15) is 5.10 Å². The molecule has 0 fully saturated rings. The Labute approximate surface area is 176 Å². The van der Waals surface area contributed by atoms with Crippen molar-refractivity contribution >= 4 is 18.2 Å². The van der Waals surface area contributed by atoms with Crippen LogP contribution in [0.15, 0.2) is 48.5 Å². The largest absolute Gasteiger partial charge is 0.465 e. The molecule has 0 saturated carbocycles. The van der Waals surface area contributed by atoms with Crippen LogP contribution in [-0.2, 0) is 24.5 Å². The van der Waals surface area contributed by atoms with Crippen molar-refractivity contribution in [1.29, 1.82) is 0 Å². The van der Waals surface area contributed by atoms with E-state index < -0.39 is 0 Å². The second kappa shape index (κ2) is 9.15. The number of nitrogens with zero attached hydrogens (tertiary/aromatic N) is 4. The lowest BCUT2D eigenvalue weighted by atomic mass is 10.1. The van der Waals surface area contributed by atoms with Gasteiger partial charge in [0.25, 0.3) is 0 Å². The Bertz CT molecular complexity index is 1050. The van der Waals surface area contributed by atoms with Crippen molar-refractivity contribution in [3.05, 3.63) is 70.0 Å². The summed E-state index contributed by atoms with van der Waals surface area (Å²) in [4.78, 5) is 13.7. The molecule has 152 valence electrons. The Hall–Kier alpha value is -2.77. The first kappa shape index (κ1) is 21.0. The van der Waals surface area contributed by atoms with Crippen molar-refractivity contribution < 1.29 is 9.53 Å². The molecule has 0 N–H and O–H groups in total. The second-order valence-electron chi connectivity index (χ2n) is 7.06. The van der Waals surface area contributed by atoms with E-state index in [4.69, 9.17) is 22.1 Å². The fourth-order valence-corrected chi connectivity index (χ4v) is 3.58. The molecule has 0 saturated heterocycles. The number of benzene rings is 2. The van der Waals surface area contributed by atoms with Gasteiger partial charge in [-0.25, -0.2) is 9.48 Å². The molecule has 3 aromatic rings. The quantitative estimate of drug-likeness (QED) is 0.430. The fourth-order valence-electron chi connectivity index (χ4n) is 3.27. The maximum Gasteiger partial charge on any atom is 0.337 e. The SMILES string of the molecule is CCn1c(-c2cccc(C)c2)nn(CN(C)Cc2ccc(C(=O)OC)cc2)c1=S. The van der Waals surface area contributed by atoms with E-state index in [1.165, 1.54) is 12.7 Å². The highest BCUT2D eigenvalue weighted by Crippen LogP contribution is 2.20. The zero-order valence-electron chi connectivity index (χ0n) is 17.3. The number of ether oxygens (including phenoxy) is 1. The van der Waals surface area contributed by atoms with Crippen molar-refractivity contribution in [2.75, 3.05) is 14.2 Å². The predicted molar refractivity (Wildman–Crippen MR) is 116 cm³/mol. The Morgan fingerprint density at radius 2 is 1.93 bits per heavy atom. The van der Waals surface area contributed by atoms with Crippen LogP contribution >= 0.6 is 12.2 Å². The highest BCUT2D eigenvalue weighted by atomic mass is 32.1. The summed E-state index contributed by atoms with van der Waals surface area (Å²) in [6.45, 7) is 6.20. The van der Waals surface area contributed by atoms with Crippen LogP contribution in [0.5, 0.6) is 0 Å². The molecule has 7 heteroatoms. The minimum Gasteiger partial charge on any atom is -0.465 e. The molecule has 3 rings (SSSR count). The Kier molecular flexibility index (Phi) is 6.61. The van der Waals surface area contributed by atoms with Gasteiger partial charge in [0, 0.05) is 18.7 Å². The van der Waals surface area contributed by atoms with Gasteiger partial charge in [0.15, 0.2) is 10.6 Å². The smallest absolute Gasteiger partial charge is 0.337 e. The third kappa shape index (κ3) is 4.81. The summed E-state index contributed by atoms with van der Waals surface area (Å²) in [5.74, 6) is 0.557. The Balaban J connectivity index is 1.77. The summed E-state index contributed by atoms with van der Waals surface area (Å²) in [6, 6.07) is 15.7. The molecule has 0 spiro atoms. The van der Waals surface area contributed by atoms with Gasteiger partial charge >= 0.3 is 5.97 Å². The second-order valence-corrected chi connectivity index (χ2v) is 7.43. The number of hydrogen-bond acceptors (Lipinski definition) is 5. The van der Waals surface area contributed by atoms with Gasteiger partial charge in [-0.3, -0.25) is 4.90 Å². The molecule has 0 radical (unpaired) electrons. The van der Waals surface area contributed by atoms with Gasteiger partial charge in [-0.05, 0) is 56.9 Å². The van der Waals surface area contributed by atoms with E-state index in [0.29, 0.717) is 23.5 Å². The first-order valence-electron chi connectivity index (χ1n) is 9.53. The van der Waals surface area contributed by atoms with Crippen molar-refractivity contribution in [3.63, 3.8) is 0 Å². The van der Waals surface area contributed by atoms with Crippen LogP contribution in [-0.4, -0.2) is 39.4 Å². The average molecular weight is 411 g/mol. The van der Waals surface area contributed by atoms with Gasteiger partial charge in [0.1, 0.15) is 0 Å². The molecule has 6 nitrogen and oxygen atoms in total. The number of aryl methyl sites for hydroxylation is 1. The first-order valence-corrected chi connectivity index (χ1v) is 9.94. The molecule has 0 aliphatic heterocycles. The molecule has 0 unspecified atom stereocenters. The van der Waals surface area contributed by atoms with Crippen LogP contribution in [0.4, 0.5) is 0 Å². The Morgan fingerprint density at radius 3 is 2.55 bits per heavy atom. The van der Waals surface area contributed by atoms with Gasteiger partial charge in [0.2, 0.25) is 0 Å². The third-order valence-electron chi connectivity index (χ3n) is 4.72. The van der Waals surface area contributed by atoms with Gasteiger partial charge < -0.3 is 9.30 Å². The summed E-state index contributed by atoms with van der Waals surface area (Å²) in [5, 5.41) is 4.79. The molecule has 1 aromatic heterocycles. The lowest BCUT2D eigenvalue weighted by Gasteiger charge is -2.16. The van der Waals surface area contributed by atoms with Crippen LogP contribution in [0.1, 0.15) is 28.4 Å². The van der Waals surface area contributed by atoms with E-state index in [1.54, 1.807) is 12.1 Å². The van der Waals surface area contributed by atoms with Crippen LogP contribution in [0.2, 0.25) is 0 Å². The molecule has 2 aromatic carbocycles. The molecular weight excluding hydrogens is 384 g/mol. The van der Waals surface area contributed by atoms with Crippen LogP contribution in [0.3, 0.4) is 0 Å². The monoisotopic (exact) mass is 410 g/mol. The van der Waals surface area contributed by atoms with Crippen LogP contribution in [0.25, 0.3) is 11.4 Å². The zero-order chi connectivity index (χ0) is 21.0. The summed E-state index contributed by atoms with van der Waals surface area (Å²) in [7, 11) is 3.40. The van der Waals surface area contributed by atoms with Crippen molar-refractivity contribution in [2.24, 2.45) is 0 Å². The minimum atomic E-state index is -0.329. The molecule has 1 heterocycles. The predicted octanol–water partition coefficient (Wildman–Crippen LogP) is 4.29. The number of rotatable bonds is 7. The number of hydrogen-bond donors (Lipinski definition) is 0. The molecule has 0 atom stereocenters. The third-order valence-corrected chi connectivity index (χ3v) is 5.15. The summed E-state index contributed by atoms with van der Waals surface area (Å²) >= 11 is 5.67. The minimum absolute atomic E-state index is 0.329. The molecule has 0 bridgehead atoms. The highest BCUT2D eigenvalue weighted by Gasteiger charge is 2.13. The molecule has 0 amide bonds. The highest BCUT2D eigenvalue weighted by molar-refractivity contribution is 7.71. The Morgan fingerprint density at radius 1 is 1.21 bits per heavy atom. The van der Waals surface area contributed by atoms with Gasteiger partial charge in [-0.15, -0.1) is 0 Å². The van der Waals surface area contributed by atoms with Gasteiger partial charge in [-0.1, -0.05) is 35.9 Å². The summed E-state index contributed by atoms with van der Waals surface area (Å²) in [6.07, 6.45) is 0. The van der Waals surface area contributed by atoms with E-state index >= 15 is 0 Å². The average Bonchev–Trinajstić information content (AvgIpc) is 3.03. The van der Waals surface area contributed by atoms with E-state index in [1.807, 2.05) is 29.9 Å². The number of methoxy groups -OCH3 is 1. The molecular formula is C22H26N4O2S. The van der Waals surface area contributed by atoms with Gasteiger partial charge in [0.05, 0.1) is 19.3 Å². The molecule has 29 heavy (non-hydrogen) atoms. The van der Waals surface area contributed by atoms with Crippen molar-refractivity contribution in [2.45, 2.75) is 33.6 Å². The normalized spacial score (nSPS) is 11.1. The zero-order valence-corrected chi connectivity index (χ0v) is 18.1. The van der Waals surface area contributed by atoms with Crippen LogP contribution in [0, 0.1) is 11.7 Å². The van der Waals surface area contributed by atoms with Crippen molar-refractivity contribution in [3.8, 4) is 11.4 Å². The van der Waals surface area contributed by atoms with E-state index in [0.717, 1.165) is 23.5 Å². The number of esters is 1. The standard InChI is InChI=1S/C22H26N4O2S/c1-5-25-20(19-8-6-7-16(2)13-19)23-26(22(25)29)15-24(3)14-17-9-11-18(12-10-17)21(27)28-4/h6-13H,5,14-15H2,1-4H3. The topological polar surface area (TPSA) is 52.3 Å². The number of aromatic nitrogens is 3. The van der Waals surface area contributed by atoms with E-state index in [9.17, 15) is 4.79 Å². The van der Waals surface area contributed by atoms with E-state index in [-0.39, 0.29) is 5.97 Å². The molecule has 0 aliphatic rings. The lowest BCUT2D eigenvalue weighted by molar-refractivity contribution is 0.0600. The summed E-state index contributed by atoms with van der Waals surface area (Å²) < 4.78 is 9.37. The number of carbonyl (C=O) groups is 1. The lowest BCUT2D eigenvalue weighted by Crippen LogP contribution is -2.22. The summed E-state index contributed by atoms with van der Waals surface area (Å²) in [5.41, 5.74) is 3.90. The van der Waals surface area contributed by atoms with E-state index in [2.05, 4.69) is 41.5 Å². The maximum absolute atomic E-state index is 11.6. The fraction of sp³-hybridized carbons (Fsp3) is 0.318. The number of carbonyl (C=O) groups excluding carboxylic acids is 1.